The van der Waals surface area contributed by atoms with Crippen LogP contribution >= 0.6 is 11.3 Å². The summed E-state index contributed by atoms with van der Waals surface area (Å²) in [5.41, 5.74) is 3.02. The summed E-state index contributed by atoms with van der Waals surface area (Å²) in [5.74, 6) is -0.888. The molecule has 0 spiro atoms. The molecule has 0 bridgehead atoms. The summed E-state index contributed by atoms with van der Waals surface area (Å²) in [6.07, 6.45) is 4.51. The highest BCUT2D eigenvalue weighted by atomic mass is 32.1. The predicted molar refractivity (Wildman–Crippen MR) is 65.6 cm³/mol. The number of carboxylic acid groups (broad SMARTS) is 1. The number of hydrogen-bond acceptors (Lipinski definition) is 3. The van der Waals surface area contributed by atoms with Crippen molar-refractivity contribution >= 4 is 17.3 Å². The Morgan fingerprint density at radius 3 is 3.12 bits per heavy atom. The molecule has 0 aromatic carbocycles. The third kappa shape index (κ3) is 1.58. The number of fused-ring (bicyclic) bond motifs is 3. The monoisotopic (exact) mass is 248 g/mol. The van der Waals surface area contributed by atoms with Gasteiger partial charge in [0.05, 0.1) is 16.3 Å². The van der Waals surface area contributed by atoms with Crippen molar-refractivity contribution in [3.8, 4) is 11.3 Å². The van der Waals surface area contributed by atoms with Gasteiger partial charge in [0.1, 0.15) is 0 Å². The van der Waals surface area contributed by atoms with Crippen LogP contribution < -0.4 is 0 Å². The topological polar surface area (TPSA) is 66.0 Å². The summed E-state index contributed by atoms with van der Waals surface area (Å²) in [4.78, 5) is 20.0. The number of aromatic carboxylic acids is 1. The van der Waals surface area contributed by atoms with E-state index in [1.165, 1.54) is 4.88 Å². The van der Waals surface area contributed by atoms with E-state index in [0.29, 0.717) is 5.56 Å². The molecule has 0 saturated heterocycles. The Morgan fingerprint density at radius 1 is 1.53 bits per heavy atom. The first kappa shape index (κ1) is 10.5. The zero-order chi connectivity index (χ0) is 12.0. The van der Waals surface area contributed by atoms with E-state index in [0.717, 1.165) is 41.2 Å². The summed E-state index contributed by atoms with van der Waals surface area (Å²) in [5, 5.41) is 10.2. The van der Waals surface area contributed by atoms with Gasteiger partial charge in [-0.1, -0.05) is 0 Å². The molecule has 0 unspecified atom stereocenters. The van der Waals surface area contributed by atoms with Gasteiger partial charge in [0.25, 0.3) is 0 Å². The van der Waals surface area contributed by atoms with Crippen LogP contribution in [-0.4, -0.2) is 21.0 Å². The minimum absolute atomic E-state index is 0.341. The average molecular weight is 248 g/mol. The van der Waals surface area contributed by atoms with Crippen LogP contribution in [0.15, 0.2) is 6.20 Å². The number of rotatable bonds is 1. The minimum Gasteiger partial charge on any atom is -0.478 e. The Kier molecular flexibility index (Phi) is 2.29. The summed E-state index contributed by atoms with van der Waals surface area (Å²) in [6.45, 7) is 1.96. The second-order valence-corrected chi connectivity index (χ2v) is 5.51. The largest absolute Gasteiger partial charge is 0.478 e. The molecule has 3 rings (SSSR count). The van der Waals surface area contributed by atoms with E-state index in [4.69, 9.17) is 0 Å². The van der Waals surface area contributed by atoms with Crippen LogP contribution in [0.2, 0.25) is 0 Å². The molecule has 0 amide bonds. The molecule has 0 aliphatic heterocycles. The van der Waals surface area contributed by atoms with Crippen molar-refractivity contribution in [2.24, 2.45) is 0 Å². The standard InChI is InChI=1S/C12H12N2O2S/c1-6-14-11-9(17-6)4-2-3-8-10(11)7(5-13-8)12(15)16/h5,13H,2-4H2,1H3,(H,15,16). The van der Waals surface area contributed by atoms with Crippen LogP contribution in [0.5, 0.6) is 0 Å². The molecule has 4 nitrogen and oxygen atoms in total. The lowest BCUT2D eigenvalue weighted by molar-refractivity contribution is 0.0698. The van der Waals surface area contributed by atoms with Crippen LogP contribution in [-0.2, 0) is 12.8 Å². The second-order valence-electron chi connectivity index (χ2n) is 4.22. The molecule has 17 heavy (non-hydrogen) atoms. The van der Waals surface area contributed by atoms with Gasteiger partial charge in [0, 0.05) is 22.3 Å². The number of carbonyl (C=O) groups is 1. The van der Waals surface area contributed by atoms with Gasteiger partial charge in [-0.2, -0.15) is 0 Å². The molecular formula is C12H12N2O2S. The van der Waals surface area contributed by atoms with Gasteiger partial charge in [-0.3, -0.25) is 0 Å². The van der Waals surface area contributed by atoms with Gasteiger partial charge >= 0.3 is 5.97 Å². The van der Waals surface area contributed by atoms with E-state index in [1.54, 1.807) is 17.5 Å². The number of hydrogen-bond donors (Lipinski definition) is 2. The molecule has 0 fully saturated rings. The van der Waals surface area contributed by atoms with Crippen LogP contribution in [0.4, 0.5) is 0 Å². The number of aromatic nitrogens is 2. The molecule has 88 valence electrons. The smallest absolute Gasteiger partial charge is 0.337 e. The quantitative estimate of drug-likeness (QED) is 0.815. The molecule has 0 atom stereocenters. The molecule has 2 aromatic rings. The van der Waals surface area contributed by atoms with E-state index in [-0.39, 0.29) is 0 Å². The number of aryl methyl sites for hydroxylation is 3. The van der Waals surface area contributed by atoms with Crippen LogP contribution in [0.1, 0.15) is 32.4 Å². The van der Waals surface area contributed by atoms with E-state index >= 15 is 0 Å². The number of thiazole rings is 1. The Balaban J connectivity index is 2.29. The van der Waals surface area contributed by atoms with Crippen molar-refractivity contribution in [2.75, 3.05) is 0 Å². The van der Waals surface area contributed by atoms with E-state index in [2.05, 4.69) is 9.97 Å². The Bertz CT molecular complexity index is 598. The van der Waals surface area contributed by atoms with Crippen molar-refractivity contribution in [1.82, 2.24) is 9.97 Å². The normalized spacial score (nSPS) is 13.9. The first-order chi connectivity index (χ1) is 8.16. The lowest BCUT2D eigenvalue weighted by Crippen LogP contribution is -1.97. The van der Waals surface area contributed by atoms with Crippen LogP contribution in [0, 0.1) is 6.92 Å². The lowest BCUT2D eigenvalue weighted by Gasteiger charge is -2.00. The fourth-order valence-electron chi connectivity index (χ4n) is 2.36. The predicted octanol–water partition coefficient (Wildman–Crippen LogP) is 2.63. The molecule has 2 heterocycles. The van der Waals surface area contributed by atoms with Crippen LogP contribution in [0.3, 0.4) is 0 Å². The first-order valence-electron chi connectivity index (χ1n) is 5.57. The lowest BCUT2D eigenvalue weighted by atomic mass is 10.1. The number of H-pyrrole nitrogens is 1. The van der Waals surface area contributed by atoms with Gasteiger partial charge in [0.2, 0.25) is 0 Å². The molecule has 0 saturated carbocycles. The van der Waals surface area contributed by atoms with Crippen LogP contribution in [0.25, 0.3) is 11.3 Å². The zero-order valence-electron chi connectivity index (χ0n) is 9.41. The summed E-state index contributed by atoms with van der Waals surface area (Å²) < 4.78 is 0. The first-order valence-corrected chi connectivity index (χ1v) is 6.38. The van der Waals surface area contributed by atoms with Gasteiger partial charge < -0.3 is 10.1 Å². The maximum Gasteiger partial charge on any atom is 0.337 e. The molecule has 2 aromatic heterocycles. The van der Waals surface area contributed by atoms with Gasteiger partial charge in [-0.15, -0.1) is 11.3 Å². The average Bonchev–Trinajstić information content (AvgIpc) is 2.79. The maximum atomic E-state index is 11.2. The zero-order valence-corrected chi connectivity index (χ0v) is 10.2. The van der Waals surface area contributed by atoms with Gasteiger partial charge in [0.15, 0.2) is 0 Å². The number of nitrogens with zero attached hydrogens (tertiary/aromatic N) is 1. The molecule has 1 aliphatic carbocycles. The summed E-state index contributed by atoms with van der Waals surface area (Å²) in [7, 11) is 0. The summed E-state index contributed by atoms with van der Waals surface area (Å²) in [6, 6.07) is 0. The third-order valence-corrected chi connectivity index (χ3v) is 4.09. The molecule has 1 aliphatic rings. The Morgan fingerprint density at radius 2 is 2.35 bits per heavy atom. The Hall–Kier alpha value is -1.62. The maximum absolute atomic E-state index is 11.2. The SMILES string of the molecule is Cc1nc2c(s1)CCCc1[nH]cc(C(=O)O)c1-2. The fourth-order valence-corrected chi connectivity index (χ4v) is 3.35. The van der Waals surface area contributed by atoms with Gasteiger partial charge in [-0.25, -0.2) is 9.78 Å². The third-order valence-electron chi connectivity index (χ3n) is 3.06. The highest BCUT2D eigenvalue weighted by Crippen LogP contribution is 2.37. The molecular weight excluding hydrogens is 236 g/mol. The minimum atomic E-state index is -0.888. The Labute approximate surface area is 102 Å². The van der Waals surface area contributed by atoms with Crippen molar-refractivity contribution in [2.45, 2.75) is 26.2 Å². The van der Waals surface area contributed by atoms with Crippen molar-refractivity contribution < 1.29 is 9.90 Å². The highest BCUT2D eigenvalue weighted by Gasteiger charge is 2.25. The summed E-state index contributed by atoms with van der Waals surface area (Å²) >= 11 is 1.67. The molecule has 5 heteroatoms. The van der Waals surface area contributed by atoms with Crippen molar-refractivity contribution in [1.29, 1.82) is 0 Å². The number of aromatic amines is 1. The van der Waals surface area contributed by atoms with E-state index < -0.39 is 5.97 Å². The number of nitrogens with one attached hydrogen (secondary N) is 1. The van der Waals surface area contributed by atoms with Crippen molar-refractivity contribution in [3.63, 3.8) is 0 Å². The van der Waals surface area contributed by atoms with E-state index in [1.807, 2.05) is 6.92 Å². The van der Waals surface area contributed by atoms with Crippen molar-refractivity contribution in [3.05, 3.63) is 27.3 Å². The van der Waals surface area contributed by atoms with Gasteiger partial charge in [-0.05, 0) is 26.2 Å². The fraction of sp³-hybridized carbons (Fsp3) is 0.333. The molecule has 0 radical (unpaired) electrons. The second kappa shape index (κ2) is 3.70. The van der Waals surface area contributed by atoms with E-state index in [9.17, 15) is 9.90 Å². The molecule has 2 N–H and O–H groups in total. The highest BCUT2D eigenvalue weighted by molar-refractivity contribution is 7.12. The number of carboxylic acids is 1.